The molecule has 0 fully saturated rings. The molecule has 1 heterocycles. The van der Waals surface area contributed by atoms with Crippen molar-refractivity contribution in [3.63, 3.8) is 0 Å². The summed E-state index contributed by atoms with van der Waals surface area (Å²) >= 11 is 1.47. The number of ether oxygens (including phenoxy) is 3. The Morgan fingerprint density at radius 3 is 2.48 bits per heavy atom. The van der Waals surface area contributed by atoms with Gasteiger partial charge in [0.25, 0.3) is 0 Å². The lowest BCUT2D eigenvalue weighted by molar-refractivity contribution is -0.151. The van der Waals surface area contributed by atoms with E-state index in [1.54, 1.807) is 20.8 Å². The molecule has 1 aromatic carbocycles. The van der Waals surface area contributed by atoms with Crippen molar-refractivity contribution in [1.82, 2.24) is 4.72 Å². The summed E-state index contributed by atoms with van der Waals surface area (Å²) < 4.78 is 43.9. The van der Waals surface area contributed by atoms with Gasteiger partial charge in [0.2, 0.25) is 10.0 Å². The fourth-order valence-electron chi connectivity index (χ4n) is 2.36. The topological polar surface area (TPSA) is 108 Å². The number of esters is 1. The van der Waals surface area contributed by atoms with Gasteiger partial charge >= 0.3 is 5.97 Å². The van der Waals surface area contributed by atoms with Crippen LogP contribution in [0.25, 0.3) is 0 Å². The Balaban J connectivity index is 2.13. The smallest absolute Gasteiger partial charge is 0.324 e. The molecule has 0 spiro atoms. The van der Waals surface area contributed by atoms with E-state index in [0.717, 1.165) is 0 Å². The van der Waals surface area contributed by atoms with Gasteiger partial charge in [0.05, 0.1) is 4.90 Å². The van der Waals surface area contributed by atoms with Crippen molar-refractivity contribution in [2.45, 2.75) is 38.1 Å². The van der Waals surface area contributed by atoms with Crippen LogP contribution in [0.2, 0.25) is 0 Å². The molecule has 0 radical (unpaired) electrons. The molecular weight excluding hydrogens is 418 g/mol. The lowest BCUT2D eigenvalue weighted by atomic mass is 9.91. The zero-order chi connectivity index (χ0) is 21.7. The largest absolute Gasteiger partial charge is 0.486 e. The standard InChI is InChI=1S/C19H27NO7S2/c1-19(2,3)17(21)12-27-18(22)14(7-10-28-4)20-29(23,24)13-5-6-15-16(11-13)26-9-8-25-15/h5-6,11,14,20H,7-10,12H2,1-4H3/t14-/m0/s1. The number of hydrogen-bond donors (Lipinski definition) is 1. The van der Waals surface area contributed by atoms with Crippen molar-refractivity contribution in [3.05, 3.63) is 18.2 Å². The number of benzene rings is 1. The number of rotatable bonds is 9. The second-order valence-electron chi connectivity index (χ2n) is 7.54. The normalized spacial score (nSPS) is 14.9. The molecule has 0 saturated carbocycles. The summed E-state index contributed by atoms with van der Waals surface area (Å²) in [5.41, 5.74) is -0.653. The molecule has 29 heavy (non-hydrogen) atoms. The van der Waals surface area contributed by atoms with E-state index in [9.17, 15) is 18.0 Å². The molecule has 1 aromatic rings. The Kier molecular flexibility index (Phi) is 7.95. The zero-order valence-electron chi connectivity index (χ0n) is 17.0. The summed E-state index contributed by atoms with van der Waals surface area (Å²) in [6.45, 7) is 5.49. The van der Waals surface area contributed by atoms with Crippen LogP contribution in [-0.2, 0) is 24.3 Å². The molecule has 0 amide bonds. The van der Waals surface area contributed by atoms with Gasteiger partial charge in [-0.15, -0.1) is 0 Å². The second-order valence-corrected chi connectivity index (χ2v) is 10.2. The average molecular weight is 446 g/mol. The lowest BCUT2D eigenvalue weighted by Crippen LogP contribution is -2.43. The average Bonchev–Trinajstić information content (AvgIpc) is 2.67. The lowest BCUT2D eigenvalue weighted by Gasteiger charge is -2.21. The first-order valence-electron chi connectivity index (χ1n) is 9.15. The molecule has 1 N–H and O–H groups in total. The van der Waals surface area contributed by atoms with Crippen LogP contribution >= 0.6 is 11.8 Å². The Morgan fingerprint density at radius 2 is 1.86 bits per heavy atom. The number of carbonyl (C=O) groups excluding carboxylic acids is 2. The third kappa shape index (κ3) is 6.61. The number of fused-ring (bicyclic) bond motifs is 1. The summed E-state index contributed by atoms with van der Waals surface area (Å²) in [6, 6.07) is 3.15. The van der Waals surface area contributed by atoms with E-state index in [1.807, 2.05) is 6.26 Å². The number of hydrogen-bond acceptors (Lipinski definition) is 8. The highest BCUT2D eigenvalue weighted by Crippen LogP contribution is 2.32. The predicted molar refractivity (Wildman–Crippen MR) is 110 cm³/mol. The maximum Gasteiger partial charge on any atom is 0.324 e. The highest BCUT2D eigenvalue weighted by Gasteiger charge is 2.29. The minimum absolute atomic E-state index is 0.0468. The number of carbonyl (C=O) groups is 2. The van der Waals surface area contributed by atoms with E-state index in [2.05, 4.69) is 4.72 Å². The Hall–Kier alpha value is -1.78. The van der Waals surface area contributed by atoms with Gasteiger partial charge < -0.3 is 14.2 Å². The van der Waals surface area contributed by atoms with Gasteiger partial charge in [-0.1, -0.05) is 20.8 Å². The van der Waals surface area contributed by atoms with Crippen LogP contribution < -0.4 is 14.2 Å². The molecule has 0 aromatic heterocycles. The Morgan fingerprint density at radius 1 is 1.21 bits per heavy atom. The van der Waals surface area contributed by atoms with Gasteiger partial charge in [0.15, 0.2) is 23.9 Å². The molecular formula is C19H27NO7S2. The summed E-state index contributed by atoms with van der Waals surface area (Å²) in [5.74, 6) is 0.311. The molecule has 1 aliphatic heterocycles. The summed E-state index contributed by atoms with van der Waals surface area (Å²) in [7, 11) is -4.02. The highest BCUT2D eigenvalue weighted by atomic mass is 32.2. The van der Waals surface area contributed by atoms with Crippen molar-refractivity contribution in [1.29, 1.82) is 0 Å². The third-order valence-corrected chi connectivity index (χ3v) is 6.31. The fraction of sp³-hybridized carbons (Fsp3) is 0.579. The molecule has 0 unspecified atom stereocenters. The van der Waals surface area contributed by atoms with E-state index in [0.29, 0.717) is 30.5 Å². The van der Waals surface area contributed by atoms with Crippen molar-refractivity contribution >= 4 is 33.5 Å². The molecule has 1 aliphatic rings. The van der Waals surface area contributed by atoms with E-state index in [1.165, 1.54) is 30.0 Å². The summed E-state index contributed by atoms with van der Waals surface area (Å²) in [5, 5.41) is 0. The second kappa shape index (κ2) is 9.82. The van der Waals surface area contributed by atoms with Crippen LogP contribution in [0, 0.1) is 5.41 Å². The van der Waals surface area contributed by atoms with Crippen LogP contribution in [0.15, 0.2) is 23.1 Å². The maximum absolute atomic E-state index is 12.8. The molecule has 0 aliphatic carbocycles. The minimum Gasteiger partial charge on any atom is -0.486 e. The quantitative estimate of drug-likeness (QED) is 0.575. The van der Waals surface area contributed by atoms with Crippen molar-refractivity contribution in [3.8, 4) is 11.5 Å². The number of Topliss-reactive ketones (excluding diaryl/α,β-unsaturated/α-hetero) is 1. The molecule has 8 nitrogen and oxygen atoms in total. The summed E-state index contributed by atoms with van der Waals surface area (Å²) in [4.78, 5) is 24.4. The number of thioether (sulfide) groups is 1. The first-order valence-corrected chi connectivity index (χ1v) is 12.0. The first-order chi connectivity index (χ1) is 13.5. The van der Waals surface area contributed by atoms with Crippen LogP contribution in [0.1, 0.15) is 27.2 Å². The number of sulfonamides is 1. The molecule has 162 valence electrons. The fourth-order valence-corrected chi connectivity index (χ4v) is 4.07. The molecule has 0 saturated heterocycles. The van der Waals surface area contributed by atoms with E-state index in [-0.39, 0.29) is 17.1 Å². The van der Waals surface area contributed by atoms with Crippen LogP contribution in [0.5, 0.6) is 11.5 Å². The van der Waals surface area contributed by atoms with E-state index in [4.69, 9.17) is 14.2 Å². The van der Waals surface area contributed by atoms with Crippen molar-refractivity contribution < 1.29 is 32.2 Å². The maximum atomic E-state index is 12.8. The predicted octanol–water partition coefficient (Wildman–Crippen LogP) is 2.02. The zero-order valence-corrected chi connectivity index (χ0v) is 18.7. The van der Waals surface area contributed by atoms with E-state index < -0.39 is 34.1 Å². The number of nitrogens with one attached hydrogen (secondary N) is 1. The highest BCUT2D eigenvalue weighted by molar-refractivity contribution is 7.98. The Bertz CT molecular complexity index is 847. The van der Waals surface area contributed by atoms with Crippen LogP contribution in [-0.4, -0.2) is 58.0 Å². The monoisotopic (exact) mass is 445 g/mol. The summed E-state index contributed by atoms with van der Waals surface area (Å²) in [6.07, 6.45) is 2.08. The third-order valence-electron chi connectivity index (χ3n) is 4.20. The van der Waals surface area contributed by atoms with Gasteiger partial charge in [-0.2, -0.15) is 16.5 Å². The molecule has 1 atom stereocenters. The molecule has 2 rings (SSSR count). The number of ketones is 1. The van der Waals surface area contributed by atoms with E-state index >= 15 is 0 Å². The van der Waals surface area contributed by atoms with Crippen molar-refractivity contribution in [2.75, 3.05) is 31.8 Å². The SMILES string of the molecule is CSCC[C@H](NS(=O)(=O)c1ccc2c(c1)OCCO2)C(=O)OCC(=O)C(C)(C)C. The Labute approximate surface area is 175 Å². The molecule has 10 heteroatoms. The molecule has 0 bridgehead atoms. The van der Waals surface area contributed by atoms with Crippen molar-refractivity contribution in [2.24, 2.45) is 5.41 Å². The van der Waals surface area contributed by atoms with Gasteiger partial charge in [0.1, 0.15) is 19.3 Å². The minimum atomic E-state index is -4.02. The van der Waals surface area contributed by atoms with Gasteiger partial charge in [0, 0.05) is 11.5 Å². The van der Waals surface area contributed by atoms with Gasteiger partial charge in [-0.25, -0.2) is 8.42 Å². The van der Waals surface area contributed by atoms with Gasteiger partial charge in [-0.05, 0) is 30.6 Å². The van der Waals surface area contributed by atoms with Crippen LogP contribution in [0.3, 0.4) is 0 Å². The van der Waals surface area contributed by atoms with Crippen LogP contribution in [0.4, 0.5) is 0 Å². The van der Waals surface area contributed by atoms with Gasteiger partial charge in [-0.3, -0.25) is 9.59 Å². The first kappa shape index (κ1) is 23.5.